The number of amides is 2. The number of hydrogen-bond donors (Lipinski definition) is 3. The first-order valence-electron chi connectivity index (χ1n) is 6.93. The third-order valence-corrected chi connectivity index (χ3v) is 3.67. The Hall–Kier alpha value is -2.37. The highest BCUT2D eigenvalue weighted by Crippen LogP contribution is 2.34. The number of hydrogen-bond acceptors (Lipinski definition) is 3. The Morgan fingerprint density at radius 1 is 1.00 bits per heavy atom. The van der Waals surface area contributed by atoms with E-state index in [1.165, 1.54) is 0 Å². The van der Waals surface area contributed by atoms with Crippen molar-refractivity contribution in [2.75, 3.05) is 13.1 Å². The van der Waals surface area contributed by atoms with E-state index in [4.69, 9.17) is 5.11 Å². The molecule has 2 unspecified atom stereocenters. The Bertz CT molecular complexity index is 530. The predicted molar refractivity (Wildman–Crippen MR) is 75.6 cm³/mol. The van der Waals surface area contributed by atoms with Crippen molar-refractivity contribution in [2.24, 2.45) is 11.8 Å². The van der Waals surface area contributed by atoms with Gasteiger partial charge in [-0.2, -0.15) is 0 Å². The lowest BCUT2D eigenvalue weighted by Gasteiger charge is -2.31. The number of aliphatic carboxylic acids is 1. The zero-order valence-electron chi connectivity index (χ0n) is 11.5. The molecule has 1 saturated carbocycles. The lowest BCUT2D eigenvalue weighted by molar-refractivity contribution is -0.152. The summed E-state index contributed by atoms with van der Waals surface area (Å²) in [6, 6.07) is 8.80. The Kier molecular flexibility index (Phi) is 4.92. The number of carbonyl (C=O) groups is 3. The molecule has 0 bridgehead atoms. The molecule has 1 aromatic rings. The van der Waals surface area contributed by atoms with Crippen LogP contribution in [-0.4, -0.2) is 36.0 Å². The first-order chi connectivity index (χ1) is 10.1. The minimum absolute atomic E-state index is 0.197. The number of nitrogens with one attached hydrogen (secondary N) is 2. The highest BCUT2D eigenvalue weighted by molar-refractivity contribution is 5.94. The van der Waals surface area contributed by atoms with Crippen LogP contribution in [0.4, 0.5) is 0 Å². The van der Waals surface area contributed by atoms with Crippen LogP contribution in [0.1, 0.15) is 23.2 Å². The van der Waals surface area contributed by atoms with E-state index in [2.05, 4.69) is 10.6 Å². The Morgan fingerprint density at radius 2 is 1.62 bits per heavy atom. The van der Waals surface area contributed by atoms with Crippen molar-refractivity contribution in [3.8, 4) is 0 Å². The lowest BCUT2D eigenvalue weighted by atomic mass is 9.73. The molecule has 21 heavy (non-hydrogen) atoms. The number of benzene rings is 1. The third-order valence-electron chi connectivity index (χ3n) is 3.67. The van der Waals surface area contributed by atoms with Crippen molar-refractivity contribution in [1.82, 2.24) is 10.6 Å². The van der Waals surface area contributed by atoms with Crippen LogP contribution in [0.15, 0.2) is 30.3 Å². The van der Waals surface area contributed by atoms with E-state index in [0.29, 0.717) is 31.5 Å². The van der Waals surface area contributed by atoms with E-state index in [1.807, 2.05) is 6.07 Å². The number of carboxylic acids is 1. The predicted octanol–water partition coefficient (Wildman–Crippen LogP) is 0.643. The van der Waals surface area contributed by atoms with E-state index in [9.17, 15) is 14.4 Å². The van der Waals surface area contributed by atoms with Gasteiger partial charge in [-0.25, -0.2) is 0 Å². The number of carbonyl (C=O) groups excluding carboxylic acids is 2. The van der Waals surface area contributed by atoms with E-state index < -0.39 is 17.8 Å². The second kappa shape index (κ2) is 6.88. The second-order valence-corrected chi connectivity index (χ2v) is 5.04. The fraction of sp³-hybridized carbons (Fsp3) is 0.400. The van der Waals surface area contributed by atoms with Gasteiger partial charge in [-0.15, -0.1) is 0 Å². The highest BCUT2D eigenvalue weighted by atomic mass is 16.4. The van der Waals surface area contributed by atoms with E-state index in [1.54, 1.807) is 24.3 Å². The quantitative estimate of drug-likeness (QED) is 0.670. The van der Waals surface area contributed by atoms with Crippen molar-refractivity contribution in [3.63, 3.8) is 0 Å². The Morgan fingerprint density at radius 3 is 2.19 bits per heavy atom. The molecule has 6 heteroatoms. The summed E-state index contributed by atoms with van der Waals surface area (Å²) in [6.45, 7) is 0.601. The van der Waals surface area contributed by atoms with Crippen molar-refractivity contribution in [1.29, 1.82) is 0 Å². The summed E-state index contributed by atoms with van der Waals surface area (Å²) in [5, 5.41) is 14.2. The first-order valence-corrected chi connectivity index (χ1v) is 6.93. The van der Waals surface area contributed by atoms with Gasteiger partial charge in [-0.3, -0.25) is 14.4 Å². The zero-order chi connectivity index (χ0) is 15.2. The molecule has 2 amide bonds. The van der Waals surface area contributed by atoms with Gasteiger partial charge in [0.2, 0.25) is 5.91 Å². The normalized spacial score (nSPS) is 20.2. The molecule has 1 aliphatic carbocycles. The fourth-order valence-electron chi connectivity index (χ4n) is 2.29. The Labute approximate surface area is 122 Å². The van der Waals surface area contributed by atoms with Crippen LogP contribution in [0, 0.1) is 11.8 Å². The zero-order valence-corrected chi connectivity index (χ0v) is 11.5. The summed E-state index contributed by atoms with van der Waals surface area (Å²) in [5.74, 6) is -2.37. The molecule has 1 fully saturated rings. The molecule has 112 valence electrons. The largest absolute Gasteiger partial charge is 0.481 e. The van der Waals surface area contributed by atoms with Crippen LogP contribution in [0.3, 0.4) is 0 Å². The molecule has 0 radical (unpaired) electrons. The summed E-state index contributed by atoms with van der Waals surface area (Å²) in [5.41, 5.74) is 0.564. The van der Waals surface area contributed by atoms with Crippen LogP contribution in [0.2, 0.25) is 0 Å². The summed E-state index contributed by atoms with van der Waals surface area (Å²) in [7, 11) is 0. The molecule has 2 atom stereocenters. The maximum Gasteiger partial charge on any atom is 0.307 e. The van der Waals surface area contributed by atoms with Crippen LogP contribution in [0.5, 0.6) is 0 Å². The molecule has 2 rings (SSSR count). The molecule has 6 nitrogen and oxygen atoms in total. The molecular weight excluding hydrogens is 272 g/mol. The smallest absolute Gasteiger partial charge is 0.307 e. The van der Waals surface area contributed by atoms with Gasteiger partial charge in [0, 0.05) is 18.7 Å². The molecule has 3 N–H and O–H groups in total. The van der Waals surface area contributed by atoms with Crippen LogP contribution >= 0.6 is 0 Å². The van der Waals surface area contributed by atoms with Crippen molar-refractivity contribution in [2.45, 2.75) is 12.8 Å². The monoisotopic (exact) mass is 290 g/mol. The first kappa shape index (κ1) is 15.0. The number of carboxylic acid groups (broad SMARTS) is 1. The van der Waals surface area contributed by atoms with Crippen LogP contribution < -0.4 is 10.6 Å². The molecule has 0 spiro atoms. The van der Waals surface area contributed by atoms with Gasteiger partial charge >= 0.3 is 5.97 Å². The van der Waals surface area contributed by atoms with E-state index >= 15 is 0 Å². The molecule has 1 aliphatic rings. The molecule has 0 aromatic heterocycles. The average Bonchev–Trinajstić information content (AvgIpc) is 2.42. The standard InChI is InChI=1S/C15H18N2O4/c18-13(10-4-2-1-3-5-10)16-8-9-17-14(19)11-6-7-12(11)15(20)21/h1-5,11-12H,6-9H2,(H,16,18)(H,17,19)(H,20,21). The van der Waals surface area contributed by atoms with Crippen molar-refractivity contribution >= 4 is 17.8 Å². The minimum atomic E-state index is -0.918. The van der Waals surface area contributed by atoms with Gasteiger partial charge in [-0.1, -0.05) is 18.2 Å². The second-order valence-electron chi connectivity index (χ2n) is 5.04. The van der Waals surface area contributed by atoms with Gasteiger partial charge < -0.3 is 15.7 Å². The Balaban J connectivity index is 1.67. The fourth-order valence-corrected chi connectivity index (χ4v) is 2.29. The van der Waals surface area contributed by atoms with E-state index in [0.717, 1.165) is 0 Å². The molecule has 0 saturated heterocycles. The average molecular weight is 290 g/mol. The summed E-state index contributed by atoms with van der Waals surface area (Å²) in [6.07, 6.45) is 1.16. The summed E-state index contributed by atoms with van der Waals surface area (Å²) >= 11 is 0. The topological polar surface area (TPSA) is 95.5 Å². The van der Waals surface area contributed by atoms with E-state index in [-0.39, 0.29) is 11.8 Å². The molecule has 1 aromatic carbocycles. The van der Waals surface area contributed by atoms with Gasteiger partial charge in [0.25, 0.3) is 5.91 Å². The minimum Gasteiger partial charge on any atom is -0.481 e. The highest BCUT2D eigenvalue weighted by Gasteiger charge is 2.41. The van der Waals surface area contributed by atoms with Crippen molar-refractivity contribution in [3.05, 3.63) is 35.9 Å². The molecule has 0 aliphatic heterocycles. The third kappa shape index (κ3) is 3.81. The maximum absolute atomic E-state index is 11.8. The van der Waals surface area contributed by atoms with Gasteiger partial charge in [-0.05, 0) is 25.0 Å². The maximum atomic E-state index is 11.8. The molecule has 0 heterocycles. The van der Waals surface area contributed by atoms with Gasteiger partial charge in [0.15, 0.2) is 0 Å². The van der Waals surface area contributed by atoms with Gasteiger partial charge in [0.1, 0.15) is 0 Å². The lowest BCUT2D eigenvalue weighted by Crippen LogP contribution is -2.45. The van der Waals surface area contributed by atoms with Crippen molar-refractivity contribution < 1.29 is 19.5 Å². The molecular formula is C15H18N2O4. The summed E-state index contributed by atoms with van der Waals surface area (Å²) < 4.78 is 0. The van der Waals surface area contributed by atoms with Crippen LogP contribution in [0.25, 0.3) is 0 Å². The van der Waals surface area contributed by atoms with Gasteiger partial charge in [0.05, 0.1) is 11.8 Å². The summed E-state index contributed by atoms with van der Waals surface area (Å²) in [4.78, 5) is 34.3. The van der Waals surface area contributed by atoms with Crippen LogP contribution in [-0.2, 0) is 9.59 Å². The number of rotatable bonds is 6. The SMILES string of the molecule is O=C(NCCNC(=O)C1CCC1C(=O)O)c1ccccc1.